The van der Waals surface area contributed by atoms with Crippen LogP contribution in [0.1, 0.15) is 37.1 Å². The largest absolute Gasteiger partial charge is 0.325 e. The zero-order chi connectivity index (χ0) is 12.6. The van der Waals surface area contributed by atoms with Crippen LogP contribution in [0.3, 0.4) is 0 Å². The highest BCUT2D eigenvalue weighted by atomic mass is 79.9. The number of aryl methyl sites for hydroxylation is 2. The van der Waals surface area contributed by atoms with Crippen LogP contribution in [0.25, 0.3) is 0 Å². The van der Waals surface area contributed by atoms with Gasteiger partial charge in [0, 0.05) is 25.4 Å². The van der Waals surface area contributed by atoms with Crippen LogP contribution in [0.4, 0.5) is 0 Å². The van der Waals surface area contributed by atoms with Crippen molar-refractivity contribution in [3.63, 3.8) is 0 Å². The Bertz CT molecular complexity index is 449. The van der Waals surface area contributed by atoms with Crippen molar-refractivity contribution < 1.29 is 4.79 Å². The first-order valence-electron chi connectivity index (χ1n) is 5.90. The van der Waals surface area contributed by atoms with Gasteiger partial charge in [-0.3, -0.25) is 9.48 Å². The lowest BCUT2D eigenvalue weighted by atomic mass is 9.74. The first-order valence-corrected chi connectivity index (χ1v) is 6.69. The number of nitrogens with zero attached hydrogens (tertiary/aromatic N) is 2. The summed E-state index contributed by atoms with van der Waals surface area (Å²) in [6.45, 7) is 1.93. The highest BCUT2D eigenvalue weighted by Crippen LogP contribution is 2.33. The molecule has 0 aromatic carbocycles. The van der Waals surface area contributed by atoms with E-state index in [2.05, 4.69) is 21.0 Å². The number of carbonyl (C=O) groups excluding carboxylic acids is 1. The molecule has 0 saturated heterocycles. The zero-order valence-electron chi connectivity index (χ0n) is 10.3. The van der Waals surface area contributed by atoms with E-state index < -0.39 is 0 Å². The predicted molar refractivity (Wildman–Crippen MR) is 69.7 cm³/mol. The summed E-state index contributed by atoms with van der Waals surface area (Å²) >= 11 is 3.47. The zero-order valence-corrected chi connectivity index (χ0v) is 11.9. The molecule has 17 heavy (non-hydrogen) atoms. The molecule has 0 unspecified atom stereocenters. The number of hydrogen-bond acceptors (Lipinski definition) is 3. The molecule has 1 fully saturated rings. The molecule has 0 bridgehead atoms. The van der Waals surface area contributed by atoms with Gasteiger partial charge >= 0.3 is 0 Å². The Balaban J connectivity index is 2.03. The standard InChI is InChI=1S/C12H18BrN3O/c1-8-11(13)10(16(2)15-8)6-9(17)7-12(14)4-3-5-12/h3-7,14H2,1-2H3. The maximum absolute atomic E-state index is 12.0. The lowest BCUT2D eigenvalue weighted by molar-refractivity contribution is -0.120. The van der Waals surface area contributed by atoms with Gasteiger partial charge in [-0.25, -0.2) is 0 Å². The molecule has 0 atom stereocenters. The molecule has 2 rings (SSSR count). The summed E-state index contributed by atoms with van der Waals surface area (Å²) < 4.78 is 2.70. The molecule has 1 aromatic heterocycles. The fourth-order valence-corrected chi connectivity index (χ4v) is 2.80. The second-order valence-electron chi connectivity index (χ2n) is 5.08. The summed E-state index contributed by atoms with van der Waals surface area (Å²) in [5, 5.41) is 4.28. The third kappa shape index (κ3) is 2.60. The Hall–Kier alpha value is -0.680. The second-order valence-corrected chi connectivity index (χ2v) is 5.87. The number of nitrogens with two attached hydrogens (primary N) is 1. The maximum atomic E-state index is 12.0. The van der Waals surface area contributed by atoms with Crippen LogP contribution in [0, 0.1) is 6.92 Å². The third-order valence-electron chi connectivity index (χ3n) is 3.52. The van der Waals surface area contributed by atoms with Gasteiger partial charge in [0.25, 0.3) is 0 Å². The van der Waals surface area contributed by atoms with Gasteiger partial charge in [0.05, 0.1) is 15.9 Å². The molecule has 2 N–H and O–H groups in total. The number of carbonyl (C=O) groups is 1. The van der Waals surface area contributed by atoms with E-state index in [4.69, 9.17) is 5.73 Å². The lowest BCUT2D eigenvalue weighted by Gasteiger charge is -2.37. The molecule has 1 aromatic rings. The molecule has 1 heterocycles. The van der Waals surface area contributed by atoms with Crippen molar-refractivity contribution in [3.05, 3.63) is 15.9 Å². The summed E-state index contributed by atoms with van der Waals surface area (Å²) in [6.07, 6.45) is 4.01. The number of Topliss-reactive ketones (excluding diaryl/α,β-unsaturated/α-hetero) is 1. The number of ketones is 1. The Labute approximate surface area is 110 Å². The van der Waals surface area contributed by atoms with Crippen molar-refractivity contribution in [2.24, 2.45) is 12.8 Å². The van der Waals surface area contributed by atoms with Gasteiger partial charge in [-0.1, -0.05) is 0 Å². The summed E-state index contributed by atoms with van der Waals surface area (Å²) in [6, 6.07) is 0. The number of rotatable bonds is 4. The van der Waals surface area contributed by atoms with E-state index in [1.54, 1.807) is 4.68 Å². The fourth-order valence-electron chi connectivity index (χ4n) is 2.32. The van der Waals surface area contributed by atoms with Crippen LogP contribution in [0.5, 0.6) is 0 Å². The van der Waals surface area contributed by atoms with Crippen molar-refractivity contribution >= 4 is 21.7 Å². The summed E-state index contributed by atoms with van der Waals surface area (Å²) in [5.41, 5.74) is 7.72. The minimum absolute atomic E-state index is 0.205. The van der Waals surface area contributed by atoms with Gasteiger partial charge < -0.3 is 5.73 Å². The molecule has 94 valence electrons. The molecule has 0 aliphatic heterocycles. The first-order chi connectivity index (χ1) is 7.91. The first kappa shape index (κ1) is 12.8. The third-order valence-corrected chi connectivity index (χ3v) is 4.56. The molecule has 5 heteroatoms. The Kier molecular flexibility index (Phi) is 3.41. The van der Waals surface area contributed by atoms with E-state index in [1.807, 2.05) is 14.0 Å². The van der Waals surface area contributed by atoms with E-state index in [0.29, 0.717) is 12.8 Å². The minimum atomic E-state index is -0.225. The molecule has 1 aliphatic rings. The summed E-state index contributed by atoms with van der Waals surface area (Å²) in [4.78, 5) is 12.0. The van der Waals surface area contributed by atoms with Gasteiger partial charge in [0.15, 0.2) is 0 Å². The van der Waals surface area contributed by atoms with Crippen molar-refractivity contribution in [2.75, 3.05) is 0 Å². The summed E-state index contributed by atoms with van der Waals surface area (Å²) in [5.74, 6) is 0.205. The van der Waals surface area contributed by atoms with Gasteiger partial charge in [-0.15, -0.1) is 0 Å². The number of aromatic nitrogens is 2. The SMILES string of the molecule is Cc1nn(C)c(CC(=O)CC2(N)CCC2)c1Br. The number of hydrogen-bond donors (Lipinski definition) is 1. The van der Waals surface area contributed by atoms with Gasteiger partial charge in [-0.2, -0.15) is 5.10 Å². The quantitative estimate of drug-likeness (QED) is 0.923. The molecule has 1 aliphatic carbocycles. The number of halogens is 1. The average molecular weight is 300 g/mol. The monoisotopic (exact) mass is 299 g/mol. The fraction of sp³-hybridized carbons (Fsp3) is 0.667. The lowest BCUT2D eigenvalue weighted by Crippen LogP contribution is -2.48. The molecular formula is C12H18BrN3O. The molecule has 0 amide bonds. The van der Waals surface area contributed by atoms with Crippen LogP contribution >= 0.6 is 15.9 Å². The Morgan fingerprint density at radius 1 is 1.59 bits per heavy atom. The van der Waals surface area contributed by atoms with Crippen LogP contribution < -0.4 is 5.73 Å². The van der Waals surface area contributed by atoms with Crippen LogP contribution in [-0.4, -0.2) is 21.1 Å². The van der Waals surface area contributed by atoms with E-state index in [9.17, 15) is 4.79 Å². The van der Waals surface area contributed by atoms with Crippen molar-refractivity contribution in [2.45, 2.75) is 44.6 Å². The molecule has 4 nitrogen and oxygen atoms in total. The smallest absolute Gasteiger partial charge is 0.140 e. The Morgan fingerprint density at radius 3 is 2.65 bits per heavy atom. The van der Waals surface area contributed by atoms with E-state index in [-0.39, 0.29) is 11.3 Å². The topological polar surface area (TPSA) is 60.9 Å². The normalized spacial score (nSPS) is 17.9. The van der Waals surface area contributed by atoms with Crippen LogP contribution in [0.2, 0.25) is 0 Å². The van der Waals surface area contributed by atoms with Crippen LogP contribution in [0.15, 0.2) is 4.47 Å². The van der Waals surface area contributed by atoms with Crippen molar-refractivity contribution in [1.29, 1.82) is 0 Å². The van der Waals surface area contributed by atoms with Crippen molar-refractivity contribution in [3.8, 4) is 0 Å². The van der Waals surface area contributed by atoms with E-state index >= 15 is 0 Å². The molecular weight excluding hydrogens is 282 g/mol. The predicted octanol–water partition coefficient (Wildman–Crippen LogP) is 1.87. The van der Waals surface area contributed by atoms with E-state index in [1.165, 1.54) is 0 Å². The van der Waals surface area contributed by atoms with Crippen molar-refractivity contribution in [1.82, 2.24) is 9.78 Å². The van der Waals surface area contributed by atoms with Gasteiger partial charge in [0.2, 0.25) is 0 Å². The summed E-state index contributed by atoms with van der Waals surface area (Å²) in [7, 11) is 1.86. The molecule has 0 radical (unpaired) electrons. The van der Waals surface area contributed by atoms with E-state index in [0.717, 1.165) is 35.1 Å². The van der Waals surface area contributed by atoms with Gasteiger partial charge in [0.1, 0.15) is 5.78 Å². The molecule has 1 saturated carbocycles. The average Bonchev–Trinajstić information content (AvgIpc) is 2.43. The maximum Gasteiger partial charge on any atom is 0.140 e. The Morgan fingerprint density at radius 2 is 2.24 bits per heavy atom. The molecule has 0 spiro atoms. The highest BCUT2D eigenvalue weighted by Gasteiger charge is 2.34. The second kappa shape index (κ2) is 4.53. The minimum Gasteiger partial charge on any atom is -0.325 e. The highest BCUT2D eigenvalue weighted by molar-refractivity contribution is 9.10. The van der Waals surface area contributed by atoms with Gasteiger partial charge in [-0.05, 0) is 42.1 Å². The van der Waals surface area contributed by atoms with Crippen LogP contribution in [-0.2, 0) is 18.3 Å².